The summed E-state index contributed by atoms with van der Waals surface area (Å²) in [6, 6.07) is 5.74. The molecule has 7 nitrogen and oxygen atoms in total. The van der Waals surface area contributed by atoms with Gasteiger partial charge in [0.1, 0.15) is 5.60 Å². The predicted octanol–water partition coefficient (Wildman–Crippen LogP) is 0.528. The average molecular weight is 283 g/mol. The molecular formula is C13H17NO6. The van der Waals surface area contributed by atoms with Gasteiger partial charge in [-0.1, -0.05) is 17.5 Å². The highest BCUT2D eigenvalue weighted by Crippen LogP contribution is 2.13. The Balaban J connectivity index is 2.69. The van der Waals surface area contributed by atoms with Gasteiger partial charge in [-0.15, -0.1) is 0 Å². The highest BCUT2D eigenvalue weighted by atomic mass is 17.1. The zero-order chi connectivity index (χ0) is 15.3. The van der Waals surface area contributed by atoms with Gasteiger partial charge in [0.15, 0.2) is 12.4 Å². The molecule has 0 amide bonds. The van der Waals surface area contributed by atoms with Crippen LogP contribution in [0.5, 0.6) is 0 Å². The second kappa shape index (κ2) is 6.58. The number of nitrogens with one attached hydrogen (secondary N) is 1. The summed E-state index contributed by atoms with van der Waals surface area (Å²) in [6.45, 7) is 4.71. The van der Waals surface area contributed by atoms with E-state index in [9.17, 15) is 14.8 Å². The van der Waals surface area contributed by atoms with Crippen LogP contribution in [0.25, 0.3) is 0 Å². The molecule has 2 N–H and O–H groups in total. The molecule has 1 atom stereocenters. The fourth-order valence-corrected chi connectivity index (χ4v) is 1.34. The van der Waals surface area contributed by atoms with Gasteiger partial charge in [0, 0.05) is 5.56 Å². The Morgan fingerprint density at radius 3 is 2.15 bits per heavy atom. The van der Waals surface area contributed by atoms with Crippen molar-refractivity contribution in [1.29, 1.82) is 0 Å². The lowest BCUT2D eigenvalue weighted by Crippen LogP contribution is -3.03. The number of hydrogen-bond donors (Lipinski definition) is 2. The van der Waals surface area contributed by atoms with Gasteiger partial charge in [0.05, 0.1) is 5.56 Å². The Labute approximate surface area is 116 Å². The number of rotatable bonds is 5. The number of ketones is 1. The number of hydrogen-bond acceptors (Lipinski definition) is 6. The van der Waals surface area contributed by atoms with Gasteiger partial charge in [-0.3, -0.25) is 4.79 Å². The van der Waals surface area contributed by atoms with Crippen molar-refractivity contribution in [2.45, 2.75) is 26.4 Å². The number of ether oxygens (including phenoxy) is 1. The summed E-state index contributed by atoms with van der Waals surface area (Å²) in [4.78, 5) is 27.5. The van der Waals surface area contributed by atoms with Gasteiger partial charge in [-0.2, -0.15) is 10.0 Å². The third-order valence-electron chi connectivity index (χ3n) is 2.17. The van der Waals surface area contributed by atoms with Crippen molar-refractivity contribution in [2.75, 3.05) is 6.61 Å². The molecule has 7 heteroatoms. The van der Waals surface area contributed by atoms with E-state index in [1.165, 1.54) is 24.3 Å². The third kappa shape index (κ3) is 5.45. The molecule has 20 heavy (non-hydrogen) atoms. The summed E-state index contributed by atoms with van der Waals surface area (Å²) in [5, 5.41) is 17.0. The van der Waals surface area contributed by atoms with Crippen molar-refractivity contribution in [3.63, 3.8) is 0 Å². The summed E-state index contributed by atoms with van der Waals surface area (Å²) < 4.78 is 5.18. The molecule has 0 aliphatic heterocycles. The maximum absolute atomic E-state index is 11.7. The number of esters is 1. The second-order valence-corrected chi connectivity index (χ2v) is 5.06. The van der Waals surface area contributed by atoms with E-state index < -0.39 is 29.4 Å². The fourth-order valence-electron chi connectivity index (χ4n) is 1.34. The topological polar surface area (TPSA) is 100 Å². The lowest BCUT2D eigenvalue weighted by Gasteiger charge is -2.19. The van der Waals surface area contributed by atoms with Gasteiger partial charge in [-0.25, -0.2) is 4.79 Å². The summed E-state index contributed by atoms with van der Waals surface area (Å²) in [6.07, 6.45) is 0. The highest BCUT2D eigenvalue weighted by Gasteiger charge is 2.18. The zero-order valence-electron chi connectivity index (χ0n) is 11.5. The van der Waals surface area contributed by atoms with E-state index in [2.05, 4.69) is 4.84 Å². The molecule has 0 spiro atoms. The Morgan fingerprint density at radius 2 is 1.70 bits per heavy atom. The van der Waals surface area contributed by atoms with E-state index in [-0.39, 0.29) is 5.56 Å². The quantitative estimate of drug-likeness (QED) is 0.464. The van der Waals surface area contributed by atoms with Gasteiger partial charge < -0.3 is 9.94 Å². The van der Waals surface area contributed by atoms with Crippen LogP contribution in [0, 0.1) is 5.21 Å². The summed E-state index contributed by atoms with van der Waals surface area (Å²) in [5.74, 6) is -0.971. The van der Waals surface area contributed by atoms with E-state index >= 15 is 0 Å². The Kier molecular flexibility index (Phi) is 5.34. The van der Waals surface area contributed by atoms with Gasteiger partial charge >= 0.3 is 5.97 Å². The summed E-state index contributed by atoms with van der Waals surface area (Å²) in [7, 11) is 0. The molecule has 0 aliphatic rings. The van der Waals surface area contributed by atoms with Crippen LogP contribution in [0.1, 0.15) is 41.5 Å². The Hall–Kier alpha value is -1.80. The normalized spacial score (nSPS) is 12.8. The first kappa shape index (κ1) is 16.3. The number of benzene rings is 1. The van der Waals surface area contributed by atoms with Crippen molar-refractivity contribution in [2.24, 2.45) is 0 Å². The van der Waals surface area contributed by atoms with Crippen LogP contribution in [-0.4, -0.2) is 29.2 Å². The van der Waals surface area contributed by atoms with Crippen molar-refractivity contribution >= 4 is 11.8 Å². The average Bonchev–Trinajstić information content (AvgIpc) is 2.34. The Bertz CT molecular complexity index is 475. The molecule has 1 aromatic carbocycles. The SMILES string of the molecule is CC(C)(C)OC(=O)c1ccc(C(=O)CO[NH+]([O-])O)cc1. The fraction of sp³-hybridized carbons (Fsp3) is 0.385. The van der Waals surface area contributed by atoms with E-state index in [0.29, 0.717) is 5.56 Å². The first-order chi connectivity index (χ1) is 9.19. The second-order valence-electron chi connectivity index (χ2n) is 5.06. The molecule has 0 aromatic heterocycles. The van der Waals surface area contributed by atoms with Crippen molar-refractivity contribution in [1.82, 2.24) is 0 Å². The lowest BCUT2D eigenvalue weighted by molar-refractivity contribution is -1.20. The molecule has 110 valence electrons. The number of carbonyl (C=O) groups is 2. The number of carbonyl (C=O) groups excluding carboxylic acids is 2. The number of Topliss-reactive ketones (excluding diaryl/α,β-unsaturated/α-hetero) is 1. The Morgan fingerprint density at radius 1 is 1.20 bits per heavy atom. The predicted molar refractivity (Wildman–Crippen MR) is 68.0 cm³/mol. The zero-order valence-corrected chi connectivity index (χ0v) is 11.5. The highest BCUT2D eigenvalue weighted by molar-refractivity contribution is 5.98. The molecule has 0 radical (unpaired) electrons. The van der Waals surface area contributed by atoms with Crippen LogP contribution >= 0.6 is 0 Å². The monoisotopic (exact) mass is 283 g/mol. The van der Waals surface area contributed by atoms with Gasteiger partial charge in [0.2, 0.25) is 0 Å². The molecule has 1 rings (SSSR count). The van der Waals surface area contributed by atoms with E-state index in [1.807, 2.05) is 0 Å². The minimum Gasteiger partial charge on any atom is -0.566 e. The van der Waals surface area contributed by atoms with Gasteiger partial charge in [-0.05, 0) is 32.9 Å². The molecule has 0 bridgehead atoms. The first-order valence-electron chi connectivity index (χ1n) is 5.91. The molecule has 0 saturated carbocycles. The molecule has 0 saturated heterocycles. The maximum Gasteiger partial charge on any atom is 0.338 e. The lowest BCUT2D eigenvalue weighted by atomic mass is 10.1. The minimum atomic E-state index is -1.51. The van der Waals surface area contributed by atoms with Crippen LogP contribution in [0.15, 0.2) is 24.3 Å². The largest absolute Gasteiger partial charge is 0.566 e. The van der Waals surface area contributed by atoms with Crippen molar-refractivity contribution in [3.05, 3.63) is 40.6 Å². The number of quaternary nitrogens is 1. The molecule has 0 fully saturated rings. The molecule has 1 unspecified atom stereocenters. The van der Waals surface area contributed by atoms with Crippen LogP contribution in [0.4, 0.5) is 0 Å². The van der Waals surface area contributed by atoms with E-state index in [1.54, 1.807) is 20.8 Å². The smallest absolute Gasteiger partial charge is 0.338 e. The van der Waals surface area contributed by atoms with E-state index in [4.69, 9.17) is 9.94 Å². The molecule has 0 heterocycles. The van der Waals surface area contributed by atoms with Crippen molar-refractivity contribution < 1.29 is 29.8 Å². The maximum atomic E-state index is 11.7. The summed E-state index contributed by atoms with van der Waals surface area (Å²) >= 11 is 0. The van der Waals surface area contributed by atoms with Crippen LogP contribution in [-0.2, 0) is 9.57 Å². The van der Waals surface area contributed by atoms with Crippen LogP contribution in [0.2, 0.25) is 0 Å². The molecular weight excluding hydrogens is 266 g/mol. The molecule has 0 aliphatic carbocycles. The van der Waals surface area contributed by atoms with Crippen molar-refractivity contribution in [3.8, 4) is 0 Å². The first-order valence-corrected chi connectivity index (χ1v) is 5.91. The molecule has 1 aromatic rings. The minimum absolute atomic E-state index is 0.263. The van der Waals surface area contributed by atoms with Crippen LogP contribution in [0.3, 0.4) is 0 Å². The van der Waals surface area contributed by atoms with E-state index in [0.717, 1.165) is 0 Å². The van der Waals surface area contributed by atoms with Gasteiger partial charge in [0.25, 0.3) is 0 Å². The van der Waals surface area contributed by atoms with Crippen LogP contribution < -0.4 is 5.39 Å². The summed E-state index contributed by atoms with van der Waals surface area (Å²) in [5.41, 5.74) is -0.0184. The standard InChI is InChI=1S/C13H17NO6/c1-13(2,3)20-12(16)10-6-4-9(5-7-10)11(15)8-19-14(17)18/h4-7,14,17H,8H2,1-3H3. The third-order valence-corrected chi connectivity index (χ3v) is 2.17.